The van der Waals surface area contributed by atoms with Gasteiger partial charge in [-0.2, -0.15) is 10.5 Å². The van der Waals surface area contributed by atoms with Gasteiger partial charge in [0.25, 0.3) is 0 Å². The van der Waals surface area contributed by atoms with Crippen LogP contribution in [0.5, 0.6) is 0 Å². The van der Waals surface area contributed by atoms with E-state index in [4.69, 9.17) is 15.3 Å². The Kier molecular flexibility index (Phi) is 9.64. The first-order valence-corrected chi connectivity index (χ1v) is 10.2. The molecule has 0 aromatic heterocycles. The van der Waals surface area contributed by atoms with Gasteiger partial charge in [0, 0.05) is 13.2 Å². The lowest BCUT2D eigenvalue weighted by Crippen LogP contribution is -2.33. The van der Waals surface area contributed by atoms with E-state index in [1.807, 2.05) is 0 Å². The fourth-order valence-electron chi connectivity index (χ4n) is 2.18. The Balaban J connectivity index is 0.000000272. The highest BCUT2D eigenvalue weighted by molar-refractivity contribution is 6.78. The van der Waals surface area contributed by atoms with Gasteiger partial charge in [-0.25, -0.2) is 0 Å². The van der Waals surface area contributed by atoms with Gasteiger partial charge >= 0.3 is 0 Å². The van der Waals surface area contributed by atoms with Crippen LogP contribution in [0.25, 0.3) is 0 Å². The topological polar surface area (TPSA) is 56.8 Å². The number of nitriles is 2. The normalized spacial score (nSPS) is 24.4. The second-order valence-electron chi connectivity index (χ2n) is 5.68. The molecule has 0 N–H and O–H groups in total. The molecule has 0 radical (unpaired) electrons. The van der Waals surface area contributed by atoms with Gasteiger partial charge in [-0.1, -0.05) is 45.3 Å². The Hall–Kier alpha value is -0.843. The van der Waals surface area contributed by atoms with E-state index < -0.39 is 8.07 Å². The molecule has 0 saturated carbocycles. The summed E-state index contributed by atoms with van der Waals surface area (Å²) in [6.45, 7) is 9.53. The third-order valence-electron chi connectivity index (χ3n) is 3.92. The molecule has 0 amide bonds. The highest BCUT2D eigenvalue weighted by atomic mass is 28.3. The third-order valence-corrected chi connectivity index (χ3v) is 8.52. The second kappa shape index (κ2) is 10.1. The average molecular weight is 266 g/mol. The van der Waals surface area contributed by atoms with Gasteiger partial charge in [0.2, 0.25) is 0 Å². The first kappa shape index (κ1) is 17.2. The van der Waals surface area contributed by atoms with E-state index in [0.717, 1.165) is 18.8 Å². The van der Waals surface area contributed by atoms with Crippen LogP contribution in [-0.2, 0) is 4.74 Å². The minimum Gasteiger partial charge on any atom is -0.381 e. The average Bonchev–Trinajstić information content (AvgIpc) is 2.92. The highest BCUT2D eigenvalue weighted by Gasteiger charge is 2.30. The molecule has 3 nitrogen and oxygen atoms in total. The predicted octanol–water partition coefficient (Wildman–Crippen LogP) is 4.10. The fraction of sp³-hybridized carbons (Fsp3) is 0.857. The molecule has 0 spiro atoms. The van der Waals surface area contributed by atoms with E-state index >= 15 is 0 Å². The maximum Gasteiger partial charge on any atom is 0.181 e. The molecule has 4 heteroatoms. The van der Waals surface area contributed by atoms with Crippen molar-refractivity contribution in [3.8, 4) is 12.1 Å². The number of nitrogens with zero attached hydrogens (tertiary/aromatic N) is 2. The zero-order valence-electron chi connectivity index (χ0n) is 12.0. The zero-order valence-corrected chi connectivity index (χ0v) is 13.0. The van der Waals surface area contributed by atoms with Crippen LogP contribution in [0, 0.1) is 22.7 Å². The van der Waals surface area contributed by atoms with E-state index in [-0.39, 0.29) is 0 Å². The number of rotatable bonds is 0. The molecule has 102 valence electrons. The number of hydrogen-bond acceptors (Lipinski definition) is 3. The van der Waals surface area contributed by atoms with Gasteiger partial charge in [-0.3, -0.25) is 0 Å². The third kappa shape index (κ3) is 8.28. The van der Waals surface area contributed by atoms with Gasteiger partial charge in [0.1, 0.15) is 0 Å². The van der Waals surface area contributed by atoms with E-state index in [1.54, 1.807) is 6.04 Å². The Bertz CT molecular complexity index is 268. The molecule has 2 rings (SSSR count). The van der Waals surface area contributed by atoms with Crippen molar-refractivity contribution >= 4 is 8.07 Å². The van der Waals surface area contributed by atoms with Gasteiger partial charge in [-0.05, 0) is 18.4 Å². The largest absolute Gasteiger partial charge is 0.381 e. The Morgan fingerprint density at radius 1 is 1.00 bits per heavy atom. The summed E-state index contributed by atoms with van der Waals surface area (Å²) in [6.07, 6.45) is 7.08. The van der Waals surface area contributed by atoms with Crippen LogP contribution in [0.4, 0.5) is 0 Å². The van der Waals surface area contributed by atoms with Crippen molar-refractivity contribution in [1.29, 1.82) is 10.5 Å². The molecule has 2 aliphatic heterocycles. The van der Waals surface area contributed by atoms with Crippen molar-refractivity contribution in [3.63, 3.8) is 0 Å². The Morgan fingerprint density at radius 3 is 1.78 bits per heavy atom. The van der Waals surface area contributed by atoms with Gasteiger partial charge in [0.15, 0.2) is 12.1 Å². The summed E-state index contributed by atoms with van der Waals surface area (Å²) in [5, 5.41) is 14.5. The fourth-order valence-corrected chi connectivity index (χ4v) is 4.82. The van der Waals surface area contributed by atoms with Crippen LogP contribution >= 0.6 is 0 Å². The summed E-state index contributed by atoms with van der Waals surface area (Å²) in [5.74, 6) is 0. The standard InChI is InChI=1S/C8H18Si.C4H8O.C2N2/c1-8-6-4-5-7-9(8,2)3;1-2-4-5-3-1;3-1-2-4/h8H,4-7H2,1-3H3;1-4H2;. The van der Waals surface area contributed by atoms with Crippen molar-refractivity contribution in [3.05, 3.63) is 0 Å². The number of hydrogen-bond donors (Lipinski definition) is 0. The van der Waals surface area contributed by atoms with Gasteiger partial charge < -0.3 is 4.74 Å². The second-order valence-corrected chi connectivity index (χ2v) is 11.1. The molecule has 1 atom stereocenters. The van der Waals surface area contributed by atoms with Crippen LogP contribution in [0.2, 0.25) is 24.7 Å². The summed E-state index contributed by atoms with van der Waals surface area (Å²) >= 11 is 0. The molecule has 18 heavy (non-hydrogen) atoms. The van der Waals surface area contributed by atoms with Crippen LogP contribution in [0.3, 0.4) is 0 Å². The van der Waals surface area contributed by atoms with Gasteiger partial charge in [-0.15, -0.1) is 0 Å². The molecular weight excluding hydrogens is 240 g/mol. The minimum absolute atomic E-state index is 0.694. The molecule has 0 aliphatic carbocycles. The highest BCUT2D eigenvalue weighted by Crippen LogP contribution is 2.36. The molecular formula is C14H26N2OSi. The van der Waals surface area contributed by atoms with Crippen molar-refractivity contribution in [2.45, 2.75) is 63.7 Å². The van der Waals surface area contributed by atoms with E-state index in [0.29, 0.717) is 0 Å². The quantitative estimate of drug-likeness (QED) is 0.620. The van der Waals surface area contributed by atoms with Crippen molar-refractivity contribution in [2.75, 3.05) is 13.2 Å². The molecule has 0 aromatic rings. The summed E-state index contributed by atoms with van der Waals surface area (Å²) in [4.78, 5) is 0. The van der Waals surface area contributed by atoms with E-state index in [1.165, 1.54) is 44.2 Å². The van der Waals surface area contributed by atoms with E-state index in [2.05, 4.69) is 20.0 Å². The van der Waals surface area contributed by atoms with Crippen LogP contribution < -0.4 is 0 Å². The maximum atomic E-state index is 7.26. The van der Waals surface area contributed by atoms with Crippen LogP contribution in [-0.4, -0.2) is 21.3 Å². The first-order chi connectivity index (χ1) is 8.54. The monoisotopic (exact) mass is 266 g/mol. The summed E-state index contributed by atoms with van der Waals surface area (Å²) in [7, 11) is -0.694. The Labute approximate surface area is 113 Å². The summed E-state index contributed by atoms with van der Waals surface area (Å²) < 4.78 is 4.94. The van der Waals surface area contributed by atoms with Crippen molar-refractivity contribution in [2.24, 2.45) is 0 Å². The SMILES string of the molecule is C1CCOC1.CC1CCCC[Si]1(C)C.N#CC#N. The Morgan fingerprint density at radius 2 is 1.56 bits per heavy atom. The summed E-state index contributed by atoms with van der Waals surface area (Å²) in [6, 6.07) is 4.05. The first-order valence-electron chi connectivity index (χ1n) is 6.90. The molecule has 2 aliphatic rings. The van der Waals surface area contributed by atoms with Gasteiger partial charge in [0.05, 0.1) is 8.07 Å². The predicted molar refractivity (Wildman–Crippen MR) is 76.8 cm³/mol. The summed E-state index contributed by atoms with van der Waals surface area (Å²) in [5.41, 5.74) is 1.09. The molecule has 0 bridgehead atoms. The van der Waals surface area contributed by atoms with Crippen LogP contribution in [0.1, 0.15) is 39.0 Å². The lowest BCUT2D eigenvalue weighted by Gasteiger charge is -2.34. The zero-order chi connectivity index (χ0) is 13.9. The van der Waals surface area contributed by atoms with E-state index in [9.17, 15) is 0 Å². The molecule has 2 heterocycles. The molecule has 1 unspecified atom stereocenters. The molecule has 0 aromatic carbocycles. The lowest BCUT2D eigenvalue weighted by atomic mass is 10.2. The smallest absolute Gasteiger partial charge is 0.181 e. The van der Waals surface area contributed by atoms with Crippen LogP contribution in [0.15, 0.2) is 0 Å². The minimum atomic E-state index is -0.694. The van der Waals surface area contributed by atoms with Crippen molar-refractivity contribution in [1.82, 2.24) is 0 Å². The molecule has 2 saturated heterocycles. The lowest BCUT2D eigenvalue weighted by molar-refractivity contribution is 0.198. The molecule has 2 fully saturated rings. The maximum absolute atomic E-state index is 7.26. The van der Waals surface area contributed by atoms with Crippen molar-refractivity contribution < 1.29 is 4.74 Å². The number of ether oxygens (including phenoxy) is 1.